The van der Waals surface area contributed by atoms with Crippen LogP contribution in [0.3, 0.4) is 0 Å². The van der Waals surface area contributed by atoms with Crippen molar-refractivity contribution in [2.45, 2.75) is 6.92 Å². The molecule has 17 heavy (non-hydrogen) atoms. The van der Waals surface area contributed by atoms with E-state index in [2.05, 4.69) is 10.5 Å². The van der Waals surface area contributed by atoms with Crippen molar-refractivity contribution in [3.63, 3.8) is 0 Å². The molecule has 2 nitrogen and oxygen atoms in total. The van der Waals surface area contributed by atoms with Crippen LogP contribution >= 0.6 is 11.6 Å². The van der Waals surface area contributed by atoms with E-state index in [4.69, 9.17) is 11.6 Å². The van der Waals surface area contributed by atoms with Crippen molar-refractivity contribution in [2.75, 3.05) is 5.43 Å². The zero-order valence-electron chi connectivity index (χ0n) is 9.52. The lowest BCUT2D eigenvalue weighted by atomic mass is 10.2. The predicted octanol–water partition coefficient (Wildman–Crippen LogP) is 4.09. The summed E-state index contributed by atoms with van der Waals surface area (Å²) >= 11 is 5.88. The van der Waals surface area contributed by atoms with Crippen molar-refractivity contribution in [1.29, 1.82) is 0 Å². The Morgan fingerprint density at radius 3 is 2.71 bits per heavy atom. The number of nitrogens with zero attached hydrogens (tertiary/aromatic N) is 1. The van der Waals surface area contributed by atoms with Crippen LogP contribution in [-0.4, -0.2) is 6.21 Å². The van der Waals surface area contributed by atoms with Gasteiger partial charge in [-0.25, -0.2) is 0 Å². The maximum absolute atomic E-state index is 5.88. The number of hydrazone groups is 1. The minimum atomic E-state index is 0.713. The van der Waals surface area contributed by atoms with Crippen LogP contribution in [0.4, 0.5) is 5.69 Å². The smallest absolute Gasteiger partial charge is 0.0564 e. The summed E-state index contributed by atoms with van der Waals surface area (Å²) < 4.78 is 0. The number of hydrogen-bond donors (Lipinski definition) is 1. The molecular weight excluding hydrogens is 232 g/mol. The molecule has 0 aliphatic rings. The summed E-state index contributed by atoms with van der Waals surface area (Å²) in [6.07, 6.45) is 1.74. The fourth-order valence-electron chi connectivity index (χ4n) is 1.48. The van der Waals surface area contributed by atoms with E-state index in [-0.39, 0.29) is 0 Å². The van der Waals surface area contributed by atoms with Crippen LogP contribution in [-0.2, 0) is 0 Å². The lowest BCUT2D eigenvalue weighted by molar-refractivity contribution is 1.33. The standard InChI is InChI=1S/C14H13ClN2/c1-11-4-2-7-14(8-11)17-16-10-12-5-3-6-13(15)9-12/h2-10,17H,1H3/b16-10-. The first-order valence-electron chi connectivity index (χ1n) is 5.35. The highest BCUT2D eigenvalue weighted by Crippen LogP contribution is 2.10. The molecule has 86 valence electrons. The summed E-state index contributed by atoms with van der Waals surface area (Å²) in [5, 5.41) is 4.87. The third-order valence-electron chi connectivity index (χ3n) is 2.27. The SMILES string of the molecule is Cc1cccc(N/N=C\c2cccc(Cl)c2)c1. The van der Waals surface area contributed by atoms with Crippen LogP contribution < -0.4 is 5.43 Å². The van der Waals surface area contributed by atoms with Crippen LogP contribution in [0.15, 0.2) is 53.6 Å². The van der Waals surface area contributed by atoms with Gasteiger partial charge < -0.3 is 0 Å². The van der Waals surface area contributed by atoms with Crippen LogP contribution in [0.5, 0.6) is 0 Å². The second kappa shape index (κ2) is 5.51. The molecule has 1 N–H and O–H groups in total. The van der Waals surface area contributed by atoms with Crippen LogP contribution in [0.1, 0.15) is 11.1 Å². The molecule has 0 saturated heterocycles. The molecule has 0 atom stereocenters. The minimum Gasteiger partial charge on any atom is -0.278 e. The quantitative estimate of drug-likeness (QED) is 0.638. The summed E-state index contributed by atoms with van der Waals surface area (Å²) in [6, 6.07) is 15.6. The fraction of sp³-hybridized carbons (Fsp3) is 0.0714. The number of benzene rings is 2. The highest BCUT2D eigenvalue weighted by atomic mass is 35.5. The maximum atomic E-state index is 5.88. The van der Waals surface area contributed by atoms with Crippen molar-refractivity contribution < 1.29 is 0 Å². The topological polar surface area (TPSA) is 24.4 Å². The Bertz CT molecular complexity index is 535. The molecule has 2 aromatic rings. The van der Waals surface area contributed by atoms with Crippen LogP contribution in [0.25, 0.3) is 0 Å². The number of nitrogens with one attached hydrogen (secondary N) is 1. The average Bonchev–Trinajstić information content (AvgIpc) is 2.29. The summed E-state index contributed by atoms with van der Waals surface area (Å²) in [5.74, 6) is 0. The molecule has 3 heteroatoms. The van der Waals surface area contributed by atoms with E-state index >= 15 is 0 Å². The summed E-state index contributed by atoms with van der Waals surface area (Å²) in [6.45, 7) is 2.05. The first-order valence-corrected chi connectivity index (χ1v) is 5.73. The fourth-order valence-corrected chi connectivity index (χ4v) is 1.68. The Kier molecular flexibility index (Phi) is 3.78. The number of aryl methyl sites for hydroxylation is 1. The molecule has 0 amide bonds. The zero-order chi connectivity index (χ0) is 12.1. The van der Waals surface area contributed by atoms with Gasteiger partial charge in [0.05, 0.1) is 11.9 Å². The van der Waals surface area contributed by atoms with E-state index in [0.717, 1.165) is 11.3 Å². The van der Waals surface area contributed by atoms with Gasteiger partial charge in [0, 0.05) is 5.02 Å². The van der Waals surface area contributed by atoms with Crippen molar-refractivity contribution in [1.82, 2.24) is 0 Å². The average molecular weight is 245 g/mol. The van der Waals surface area contributed by atoms with E-state index in [1.165, 1.54) is 5.56 Å². The van der Waals surface area contributed by atoms with Gasteiger partial charge in [-0.05, 0) is 42.3 Å². The Hall–Kier alpha value is -1.80. The second-order valence-electron chi connectivity index (χ2n) is 3.79. The molecule has 2 rings (SSSR count). The van der Waals surface area contributed by atoms with Crippen LogP contribution in [0, 0.1) is 6.92 Å². The van der Waals surface area contributed by atoms with Gasteiger partial charge in [-0.2, -0.15) is 5.10 Å². The van der Waals surface area contributed by atoms with E-state index in [0.29, 0.717) is 5.02 Å². The predicted molar refractivity (Wildman–Crippen MR) is 73.8 cm³/mol. The Labute approximate surface area is 106 Å². The molecular formula is C14H13ClN2. The number of rotatable bonds is 3. The molecule has 2 aromatic carbocycles. The van der Waals surface area contributed by atoms with Crippen molar-refractivity contribution in [2.24, 2.45) is 5.10 Å². The number of halogens is 1. The van der Waals surface area contributed by atoms with Gasteiger partial charge in [-0.15, -0.1) is 0 Å². The first-order chi connectivity index (χ1) is 8.24. The molecule has 0 aliphatic carbocycles. The van der Waals surface area contributed by atoms with Crippen molar-refractivity contribution in [3.8, 4) is 0 Å². The lowest BCUT2D eigenvalue weighted by Gasteiger charge is -2.00. The molecule has 0 fully saturated rings. The van der Waals surface area contributed by atoms with Gasteiger partial charge in [-0.3, -0.25) is 5.43 Å². The van der Waals surface area contributed by atoms with E-state index < -0.39 is 0 Å². The van der Waals surface area contributed by atoms with Crippen molar-refractivity contribution in [3.05, 3.63) is 64.7 Å². The monoisotopic (exact) mass is 244 g/mol. The molecule has 0 radical (unpaired) electrons. The van der Waals surface area contributed by atoms with Gasteiger partial charge in [0.2, 0.25) is 0 Å². The minimum absolute atomic E-state index is 0.713. The Morgan fingerprint density at radius 2 is 1.94 bits per heavy atom. The second-order valence-corrected chi connectivity index (χ2v) is 4.23. The Morgan fingerprint density at radius 1 is 1.12 bits per heavy atom. The third kappa shape index (κ3) is 3.61. The largest absolute Gasteiger partial charge is 0.278 e. The van der Waals surface area contributed by atoms with Crippen LogP contribution in [0.2, 0.25) is 5.02 Å². The summed E-state index contributed by atoms with van der Waals surface area (Å²) in [7, 11) is 0. The highest BCUT2D eigenvalue weighted by Gasteiger charge is 1.91. The van der Waals surface area contributed by atoms with E-state index in [1.807, 2.05) is 55.5 Å². The first kappa shape index (κ1) is 11.7. The molecule has 0 saturated carbocycles. The third-order valence-corrected chi connectivity index (χ3v) is 2.51. The lowest BCUT2D eigenvalue weighted by Crippen LogP contribution is -1.90. The summed E-state index contributed by atoms with van der Waals surface area (Å²) in [5.41, 5.74) is 6.13. The van der Waals surface area contributed by atoms with Gasteiger partial charge in [0.15, 0.2) is 0 Å². The van der Waals surface area contributed by atoms with E-state index in [9.17, 15) is 0 Å². The van der Waals surface area contributed by atoms with Gasteiger partial charge in [0.25, 0.3) is 0 Å². The Balaban J connectivity index is 2.03. The molecule has 0 aromatic heterocycles. The molecule has 0 unspecified atom stereocenters. The summed E-state index contributed by atoms with van der Waals surface area (Å²) in [4.78, 5) is 0. The molecule has 0 heterocycles. The normalized spacial score (nSPS) is 10.7. The van der Waals surface area contributed by atoms with Gasteiger partial charge >= 0.3 is 0 Å². The number of hydrogen-bond acceptors (Lipinski definition) is 2. The van der Waals surface area contributed by atoms with E-state index in [1.54, 1.807) is 6.21 Å². The van der Waals surface area contributed by atoms with Gasteiger partial charge in [0.1, 0.15) is 0 Å². The zero-order valence-corrected chi connectivity index (χ0v) is 10.3. The van der Waals surface area contributed by atoms with Crippen molar-refractivity contribution >= 4 is 23.5 Å². The maximum Gasteiger partial charge on any atom is 0.0564 e. The van der Waals surface area contributed by atoms with Gasteiger partial charge in [-0.1, -0.05) is 35.9 Å². The highest BCUT2D eigenvalue weighted by molar-refractivity contribution is 6.30. The molecule has 0 aliphatic heterocycles. The molecule has 0 spiro atoms. The number of anilines is 1. The molecule has 0 bridgehead atoms.